The van der Waals surface area contributed by atoms with Crippen LogP contribution < -0.4 is 10.5 Å². The Morgan fingerprint density at radius 3 is 2.48 bits per heavy atom. The average Bonchev–Trinajstić information content (AvgIpc) is 2.94. The molecule has 116 valence electrons. The summed E-state index contributed by atoms with van der Waals surface area (Å²) < 4.78 is 12.2. The van der Waals surface area contributed by atoms with Crippen molar-refractivity contribution in [1.82, 2.24) is 9.89 Å². The molecule has 0 aromatic carbocycles. The molecule has 0 bridgehead atoms. The summed E-state index contributed by atoms with van der Waals surface area (Å²) >= 11 is 0. The van der Waals surface area contributed by atoms with Crippen LogP contribution in [0.4, 0.5) is 0 Å². The second-order valence-electron chi connectivity index (χ2n) is 7.29. The zero-order valence-electron chi connectivity index (χ0n) is 13.8. The minimum Gasteiger partial charge on any atom is -0.399 e. The van der Waals surface area contributed by atoms with Gasteiger partial charge in [0.1, 0.15) is 0 Å². The molecule has 1 atom stereocenters. The summed E-state index contributed by atoms with van der Waals surface area (Å²) in [5.74, 6) is 0. The van der Waals surface area contributed by atoms with E-state index in [0.29, 0.717) is 6.04 Å². The number of piperidine rings is 1. The van der Waals surface area contributed by atoms with Gasteiger partial charge in [0.05, 0.1) is 17.4 Å². The zero-order chi connectivity index (χ0) is 15.3. The molecule has 3 heterocycles. The molecule has 0 amide bonds. The minimum atomic E-state index is -0.330. The van der Waals surface area contributed by atoms with Gasteiger partial charge in [0.25, 0.3) is 0 Å². The molecule has 0 radical (unpaired) electrons. The largest absolute Gasteiger partial charge is 0.498 e. The molecule has 2 fully saturated rings. The van der Waals surface area contributed by atoms with Crippen LogP contribution in [0.2, 0.25) is 0 Å². The van der Waals surface area contributed by atoms with Crippen molar-refractivity contribution >= 4 is 12.6 Å². The Morgan fingerprint density at radius 1 is 1.19 bits per heavy atom. The first-order valence-electron chi connectivity index (χ1n) is 7.97. The summed E-state index contributed by atoms with van der Waals surface area (Å²) in [5.41, 5.74) is 0.377. The lowest BCUT2D eigenvalue weighted by atomic mass is 9.82. The summed E-state index contributed by atoms with van der Waals surface area (Å²) in [6.45, 7) is 11.6. The molecular formula is C15H26BN3O2. The van der Waals surface area contributed by atoms with E-state index in [4.69, 9.17) is 9.31 Å². The second-order valence-corrected chi connectivity index (χ2v) is 7.29. The molecule has 1 unspecified atom stereocenters. The predicted molar refractivity (Wildman–Crippen MR) is 84.3 cm³/mol. The zero-order valence-corrected chi connectivity index (χ0v) is 13.8. The molecule has 2 saturated heterocycles. The van der Waals surface area contributed by atoms with E-state index in [2.05, 4.69) is 44.7 Å². The van der Waals surface area contributed by atoms with E-state index in [9.17, 15) is 0 Å². The number of nitrogens with zero attached hydrogens (tertiary/aromatic N) is 3. The van der Waals surface area contributed by atoms with Crippen LogP contribution in [0.5, 0.6) is 0 Å². The van der Waals surface area contributed by atoms with Crippen molar-refractivity contribution in [3.63, 3.8) is 0 Å². The summed E-state index contributed by atoms with van der Waals surface area (Å²) in [6.07, 6.45) is 7.68. The van der Waals surface area contributed by atoms with Crippen molar-refractivity contribution in [3.8, 4) is 0 Å². The third-order valence-corrected chi connectivity index (χ3v) is 5.15. The van der Waals surface area contributed by atoms with E-state index in [1.165, 1.54) is 19.3 Å². The monoisotopic (exact) mass is 291 g/mol. The van der Waals surface area contributed by atoms with Gasteiger partial charge in [-0.05, 0) is 53.9 Å². The van der Waals surface area contributed by atoms with Crippen molar-refractivity contribution in [1.29, 1.82) is 0 Å². The Kier molecular flexibility index (Phi) is 3.57. The van der Waals surface area contributed by atoms with Gasteiger partial charge in [-0.1, -0.05) is 0 Å². The summed E-state index contributed by atoms with van der Waals surface area (Å²) in [4.78, 5) is 1.96. The Morgan fingerprint density at radius 2 is 1.86 bits per heavy atom. The van der Waals surface area contributed by atoms with Gasteiger partial charge in [-0.15, -0.1) is 0 Å². The molecule has 0 aliphatic carbocycles. The molecule has 0 saturated carbocycles. The van der Waals surface area contributed by atoms with Crippen LogP contribution in [0.25, 0.3) is 0 Å². The maximum Gasteiger partial charge on any atom is 0.498 e. The van der Waals surface area contributed by atoms with Crippen molar-refractivity contribution in [2.24, 2.45) is 0 Å². The Balaban J connectivity index is 1.77. The lowest BCUT2D eigenvalue weighted by molar-refractivity contribution is 0.00578. The van der Waals surface area contributed by atoms with E-state index < -0.39 is 0 Å². The van der Waals surface area contributed by atoms with Gasteiger partial charge in [0.15, 0.2) is 0 Å². The number of rotatable bonds is 2. The Bertz CT molecular complexity index is 499. The smallest absolute Gasteiger partial charge is 0.399 e. The third kappa shape index (κ3) is 2.59. The van der Waals surface area contributed by atoms with Gasteiger partial charge in [-0.3, -0.25) is 5.01 Å². The van der Waals surface area contributed by atoms with Gasteiger partial charge < -0.3 is 9.31 Å². The number of aromatic nitrogens is 2. The SMILES string of the molecule is CC1CCCCN1n1cc(B2OC(C)(C)C(C)(C)O2)cn1. The van der Waals surface area contributed by atoms with Crippen LogP contribution in [0, 0.1) is 0 Å². The molecule has 0 N–H and O–H groups in total. The van der Waals surface area contributed by atoms with Crippen LogP contribution in [-0.4, -0.2) is 40.8 Å². The first-order chi connectivity index (χ1) is 9.80. The van der Waals surface area contributed by atoms with Gasteiger partial charge in [0, 0.05) is 24.2 Å². The van der Waals surface area contributed by atoms with Crippen LogP contribution in [0.1, 0.15) is 53.9 Å². The Labute approximate surface area is 127 Å². The first kappa shape index (κ1) is 14.9. The summed E-state index contributed by atoms with van der Waals surface area (Å²) in [5, 5.41) is 6.83. The highest BCUT2D eigenvalue weighted by molar-refractivity contribution is 6.62. The molecule has 0 spiro atoms. The average molecular weight is 291 g/mol. The van der Waals surface area contributed by atoms with Gasteiger partial charge in [0.2, 0.25) is 0 Å². The van der Waals surface area contributed by atoms with Gasteiger partial charge in [-0.2, -0.15) is 9.89 Å². The van der Waals surface area contributed by atoms with Crippen molar-refractivity contribution in [2.45, 2.75) is 71.1 Å². The highest BCUT2D eigenvalue weighted by atomic mass is 16.7. The fourth-order valence-electron chi connectivity index (χ4n) is 2.95. The molecule has 2 aliphatic rings. The fourth-order valence-corrected chi connectivity index (χ4v) is 2.95. The lowest BCUT2D eigenvalue weighted by Gasteiger charge is -2.34. The van der Waals surface area contributed by atoms with Crippen molar-refractivity contribution in [3.05, 3.63) is 12.4 Å². The van der Waals surface area contributed by atoms with Gasteiger partial charge >= 0.3 is 7.12 Å². The molecule has 5 nitrogen and oxygen atoms in total. The topological polar surface area (TPSA) is 39.5 Å². The van der Waals surface area contributed by atoms with Crippen LogP contribution in [0.15, 0.2) is 12.4 Å². The summed E-state index contributed by atoms with van der Waals surface area (Å²) in [7, 11) is -0.330. The van der Waals surface area contributed by atoms with Crippen LogP contribution >= 0.6 is 0 Å². The molecule has 1 aromatic heterocycles. The molecule has 2 aliphatic heterocycles. The van der Waals surface area contributed by atoms with Crippen molar-refractivity contribution in [2.75, 3.05) is 11.6 Å². The third-order valence-electron chi connectivity index (χ3n) is 5.15. The fraction of sp³-hybridized carbons (Fsp3) is 0.800. The normalized spacial score (nSPS) is 28.1. The van der Waals surface area contributed by atoms with Crippen LogP contribution in [0.3, 0.4) is 0 Å². The number of hydrogen-bond donors (Lipinski definition) is 0. The molecule has 21 heavy (non-hydrogen) atoms. The Hall–Kier alpha value is -1.01. The molecule has 1 aromatic rings. The summed E-state index contributed by atoms with van der Waals surface area (Å²) in [6, 6.07) is 0.532. The van der Waals surface area contributed by atoms with E-state index in [-0.39, 0.29) is 18.3 Å². The van der Waals surface area contributed by atoms with E-state index in [0.717, 1.165) is 12.0 Å². The number of hydrogen-bond acceptors (Lipinski definition) is 4. The van der Waals surface area contributed by atoms with E-state index in [1.54, 1.807) is 0 Å². The maximum atomic E-state index is 6.08. The molecule has 3 rings (SSSR count). The van der Waals surface area contributed by atoms with E-state index in [1.807, 2.05) is 17.2 Å². The standard InChI is InChI=1S/C15H26BN3O2/c1-12-8-6-7-9-18(12)19-11-13(10-17-19)16-20-14(2,3)15(4,5)21-16/h10-12H,6-9H2,1-5H3. The highest BCUT2D eigenvalue weighted by Gasteiger charge is 2.52. The highest BCUT2D eigenvalue weighted by Crippen LogP contribution is 2.36. The van der Waals surface area contributed by atoms with E-state index >= 15 is 0 Å². The second kappa shape index (κ2) is 5.02. The molecular weight excluding hydrogens is 265 g/mol. The van der Waals surface area contributed by atoms with Crippen LogP contribution in [-0.2, 0) is 9.31 Å². The first-order valence-corrected chi connectivity index (χ1v) is 7.97. The predicted octanol–water partition coefficient (Wildman–Crippen LogP) is 1.69. The minimum absolute atomic E-state index is 0.307. The quantitative estimate of drug-likeness (QED) is 0.777. The lowest BCUT2D eigenvalue weighted by Crippen LogP contribution is -2.46. The molecule has 6 heteroatoms. The van der Waals surface area contributed by atoms with Gasteiger partial charge in [-0.25, -0.2) is 0 Å². The van der Waals surface area contributed by atoms with Crippen molar-refractivity contribution < 1.29 is 9.31 Å². The maximum absolute atomic E-state index is 6.08.